The average molecular weight is 388 g/mol. The molecule has 1 aliphatic rings. The number of nitrogens with one attached hydrogen (secondary N) is 1. The monoisotopic (exact) mass is 387 g/mol. The molecular weight excluding hydrogens is 366 g/mol. The first-order valence-corrected chi connectivity index (χ1v) is 9.37. The van der Waals surface area contributed by atoms with Gasteiger partial charge in [-0.3, -0.25) is 19.8 Å². The van der Waals surface area contributed by atoms with Crippen LogP contribution in [0.5, 0.6) is 0 Å². The molecule has 0 radical (unpaired) electrons. The number of nitro groups is 1. The molecule has 2 aromatic rings. The van der Waals surface area contributed by atoms with E-state index in [0.717, 1.165) is 31.5 Å². The SMILES string of the molecule is Cc1cccc(C(=O)NC[C@@H](c2ccccc2Cl)N2CCCC2)c1[N+](=O)[O-]. The number of hydrogen-bond donors (Lipinski definition) is 1. The molecule has 0 saturated carbocycles. The first kappa shape index (κ1) is 19.3. The minimum Gasteiger partial charge on any atom is -0.350 e. The summed E-state index contributed by atoms with van der Waals surface area (Å²) in [6, 6.07) is 12.3. The van der Waals surface area contributed by atoms with Gasteiger partial charge in [0.15, 0.2) is 0 Å². The summed E-state index contributed by atoms with van der Waals surface area (Å²) in [5, 5.41) is 14.9. The normalized spacial score (nSPS) is 15.5. The van der Waals surface area contributed by atoms with Gasteiger partial charge in [0.2, 0.25) is 0 Å². The van der Waals surface area contributed by atoms with Gasteiger partial charge in [-0.25, -0.2) is 0 Å². The van der Waals surface area contributed by atoms with E-state index in [4.69, 9.17) is 11.6 Å². The van der Waals surface area contributed by atoms with Crippen LogP contribution in [0, 0.1) is 17.0 Å². The fourth-order valence-corrected chi connectivity index (χ4v) is 3.87. The van der Waals surface area contributed by atoms with Crippen molar-refractivity contribution in [3.63, 3.8) is 0 Å². The molecule has 1 saturated heterocycles. The molecule has 6 nitrogen and oxygen atoms in total. The summed E-state index contributed by atoms with van der Waals surface area (Å²) in [7, 11) is 0. The third kappa shape index (κ3) is 4.28. The minimum absolute atomic E-state index is 0.0611. The van der Waals surface area contributed by atoms with Crippen LogP contribution in [0.25, 0.3) is 0 Å². The van der Waals surface area contributed by atoms with Gasteiger partial charge in [0, 0.05) is 17.1 Å². The van der Waals surface area contributed by atoms with E-state index in [2.05, 4.69) is 10.2 Å². The molecule has 0 unspecified atom stereocenters. The molecule has 27 heavy (non-hydrogen) atoms. The molecule has 0 aliphatic carbocycles. The van der Waals surface area contributed by atoms with Crippen LogP contribution in [0.2, 0.25) is 5.02 Å². The second kappa shape index (κ2) is 8.50. The lowest BCUT2D eigenvalue weighted by atomic mass is 10.0. The van der Waals surface area contributed by atoms with Crippen molar-refractivity contribution in [2.24, 2.45) is 0 Å². The maximum absolute atomic E-state index is 12.7. The molecule has 1 fully saturated rings. The van der Waals surface area contributed by atoms with Gasteiger partial charge in [-0.1, -0.05) is 41.9 Å². The molecule has 7 heteroatoms. The first-order valence-electron chi connectivity index (χ1n) is 8.99. The third-order valence-corrected chi connectivity index (χ3v) is 5.31. The average Bonchev–Trinajstić information content (AvgIpc) is 3.17. The first-order chi connectivity index (χ1) is 13.0. The van der Waals surface area contributed by atoms with Crippen molar-refractivity contribution in [3.8, 4) is 0 Å². The highest BCUT2D eigenvalue weighted by Gasteiger charge is 2.27. The van der Waals surface area contributed by atoms with Crippen molar-refractivity contribution in [3.05, 3.63) is 74.3 Å². The summed E-state index contributed by atoms with van der Waals surface area (Å²) >= 11 is 6.39. The number of halogens is 1. The standard InChI is InChI=1S/C20H22ClN3O3/c1-14-7-6-9-16(19(14)24(26)27)20(25)22-13-18(23-11-4-5-12-23)15-8-2-3-10-17(15)21/h2-3,6-10,18H,4-5,11-13H2,1H3,(H,22,25)/t18-/m0/s1. The number of rotatable bonds is 6. The van der Waals surface area contributed by atoms with Crippen LogP contribution in [0.4, 0.5) is 5.69 Å². The largest absolute Gasteiger partial charge is 0.350 e. The fourth-order valence-electron chi connectivity index (χ4n) is 3.60. The van der Waals surface area contributed by atoms with E-state index in [1.54, 1.807) is 19.1 Å². The van der Waals surface area contributed by atoms with Gasteiger partial charge in [0.25, 0.3) is 11.6 Å². The Balaban J connectivity index is 1.82. The molecule has 0 spiro atoms. The van der Waals surface area contributed by atoms with Gasteiger partial charge in [-0.15, -0.1) is 0 Å². The maximum atomic E-state index is 12.7. The Morgan fingerprint density at radius 3 is 2.59 bits per heavy atom. The van der Waals surface area contributed by atoms with Crippen LogP contribution >= 0.6 is 11.6 Å². The number of likely N-dealkylation sites (tertiary alicyclic amines) is 1. The summed E-state index contributed by atoms with van der Waals surface area (Å²) < 4.78 is 0. The number of carbonyl (C=O) groups is 1. The Bertz CT molecular complexity index is 850. The highest BCUT2D eigenvalue weighted by atomic mass is 35.5. The molecule has 0 aromatic heterocycles. The van der Waals surface area contributed by atoms with Gasteiger partial charge in [0.1, 0.15) is 5.56 Å². The molecular formula is C20H22ClN3O3. The number of hydrogen-bond acceptors (Lipinski definition) is 4. The maximum Gasteiger partial charge on any atom is 0.285 e. The van der Waals surface area contributed by atoms with E-state index in [1.807, 2.05) is 24.3 Å². The van der Waals surface area contributed by atoms with Gasteiger partial charge < -0.3 is 5.32 Å². The van der Waals surface area contributed by atoms with Crippen molar-refractivity contribution >= 4 is 23.2 Å². The molecule has 1 amide bonds. The highest BCUT2D eigenvalue weighted by Crippen LogP contribution is 2.30. The fraction of sp³-hybridized carbons (Fsp3) is 0.350. The van der Waals surface area contributed by atoms with Gasteiger partial charge in [-0.2, -0.15) is 0 Å². The number of amides is 1. The summed E-state index contributed by atoms with van der Waals surface area (Å²) in [6.07, 6.45) is 2.22. The predicted molar refractivity (Wildman–Crippen MR) is 105 cm³/mol. The van der Waals surface area contributed by atoms with E-state index in [1.165, 1.54) is 6.07 Å². The molecule has 1 heterocycles. The third-order valence-electron chi connectivity index (χ3n) is 4.97. The van der Waals surface area contributed by atoms with Crippen LogP contribution < -0.4 is 5.32 Å². The summed E-state index contributed by atoms with van der Waals surface area (Å²) in [5.41, 5.74) is 1.36. The van der Waals surface area contributed by atoms with Gasteiger partial charge >= 0.3 is 0 Å². The molecule has 1 atom stereocenters. The number of para-hydroxylation sites is 1. The predicted octanol–water partition coefficient (Wildman–Crippen LogP) is 4.12. The van der Waals surface area contributed by atoms with Crippen molar-refractivity contribution < 1.29 is 9.72 Å². The topological polar surface area (TPSA) is 75.5 Å². The summed E-state index contributed by atoms with van der Waals surface area (Å²) in [6.45, 7) is 3.85. The summed E-state index contributed by atoms with van der Waals surface area (Å²) in [5.74, 6) is -0.443. The number of benzene rings is 2. The number of nitro benzene ring substituents is 1. The lowest BCUT2D eigenvalue weighted by molar-refractivity contribution is -0.385. The number of aryl methyl sites for hydroxylation is 1. The smallest absolute Gasteiger partial charge is 0.285 e. The van der Waals surface area contributed by atoms with Crippen LogP contribution in [0.15, 0.2) is 42.5 Å². The molecule has 1 aliphatic heterocycles. The lowest BCUT2D eigenvalue weighted by Gasteiger charge is -2.29. The van der Waals surface area contributed by atoms with Gasteiger partial charge in [-0.05, 0) is 50.6 Å². The molecule has 1 N–H and O–H groups in total. The minimum atomic E-state index is -0.504. The van der Waals surface area contributed by atoms with E-state index in [-0.39, 0.29) is 17.3 Å². The van der Waals surface area contributed by atoms with E-state index >= 15 is 0 Å². The Kier molecular flexibility index (Phi) is 6.08. The quantitative estimate of drug-likeness (QED) is 0.597. The van der Waals surface area contributed by atoms with E-state index < -0.39 is 10.8 Å². The Morgan fingerprint density at radius 1 is 1.22 bits per heavy atom. The second-order valence-electron chi connectivity index (χ2n) is 6.72. The molecule has 0 bridgehead atoms. The van der Waals surface area contributed by atoms with E-state index in [9.17, 15) is 14.9 Å². The number of nitrogens with zero attached hydrogens (tertiary/aromatic N) is 2. The van der Waals surface area contributed by atoms with Crippen molar-refractivity contribution in [2.75, 3.05) is 19.6 Å². The Labute approximate surface area is 163 Å². The second-order valence-corrected chi connectivity index (χ2v) is 7.13. The lowest BCUT2D eigenvalue weighted by Crippen LogP contribution is -2.37. The van der Waals surface area contributed by atoms with Crippen molar-refractivity contribution in [1.82, 2.24) is 10.2 Å². The molecule has 142 valence electrons. The molecule has 3 rings (SSSR count). The van der Waals surface area contributed by atoms with Crippen molar-refractivity contribution in [1.29, 1.82) is 0 Å². The van der Waals surface area contributed by atoms with Crippen LogP contribution in [-0.2, 0) is 0 Å². The van der Waals surface area contributed by atoms with Crippen LogP contribution in [0.1, 0.15) is 40.4 Å². The highest BCUT2D eigenvalue weighted by molar-refractivity contribution is 6.31. The van der Waals surface area contributed by atoms with E-state index in [0.29, 0.717) is 17.1 Å². The Morgan fingerprint density at radius 2 is 1.93 bits per heavy atom. The van der Waals surface area contributed by atoms with Gasteiger partial charge in [0.05, 0.1) is 11.0 Å². The zero-order chi connectivity index (χ0) is 19.4. The van der Waals surface area contributed by atoms with Crippen molar-refractivity contribution in [2.45, 2.75) is 25.8 Å². The number of carbonyl (C=O) groups excluding carboxylic acids is 1. The zero-order valence-electron chi connectivity index (χ0n) is 15.2. The Hall–Kier alpha value is -2.44. The molecule has 2 aromatic carbocycles. The van der Waals surface area contributed by atoms with Crippen LogP contribution in [0.3, 0.4) is 0 Å². The van der Waals surface area contributed by atoms with Crippen LogP contribution in [-0.4, -0.2) is 35.4 Å². The zero-order valence-corrected chi connectivity index (χ0v) is 15.9. The summed E-state index contributed by atoms with van der Waals surface area (Å²) in [4.78, 5) is 25.8.